The van der Waals surface area contributed by atoms with Gasteiger partial charge in [-0.3, -0.25) is 0 Å². The van der Waals surface area contributed by atoms with Crippen LogP contribution in [0.25, 0.3) is 0 Å². The van der Waals surface area contributed by atoms with Crippen molar-refractivity contribution >= 4 is 15.9 Å². The first-order valence-electron chi connectivity index (χ1n) is 4.74. The van der Waals surface area contributed by atoms with Crippen LogP contribution in [0.3, 0.4) is 0 Å². The third-order valence-electron chi connectivity index (χ3n) is 2.40. The Morgan fingerprint density at radius 3 is 2.77 bits per heavy atom. The molecule has 2 heteroatoms. The van der Waals surface area contributed by atoms with Gasteiger partial charge in [0.05, 0.1) is 6.10 Å². The lowest BCUT2D eigenvalue weighted by Gasteiger charge is -2.13. The molecule has 0 fully saturated rings. The number of rotatable bonds is 2. The number of aliphatic hydroxyl groups excluding tert-OH is 1. The number of allylic oxidation sites excluding steroid dienone is 1. The first kappa shape index (κ1) is 10.8. The molecule has 0 radical (unpaired) electrons. The van der Waals surface area contributed by atoms with Crippen molar-refractivity contribution in [2.24, 2.45) is 0 Å². The second kappa shape index (κ2) is 5.47. The van der Waals surface area contributed by atoms with Crippen LogP contribution in [0.5, 0.6) is 0 Å². The SMILES string of the molecule is C#CCC(O)C1=C(Br)CCCCC1. The molecule has 0 bridgehead atoms. The van der Waals surface area contributed by atoms with E-state index in [1.165, 1.54) is 23.7 Å². The van der Waals surface area contributed by atoms with Crippen LogP contribution in [-0.2, 0) is 0 Å². The van der Waals surface area contributed by atoms with E-state index in [1.807, 2.05) is 0 Å². The highest BCUT2D eigenvalue weighted by Gasteiger charge is 2.15. The third kappa shape index (κ3) is 3.17. The predicted octanol–water partition coefficient (Wildman–Crippen LogP) is 2.98. The van der Waals surface area contributed by atoms with Crippen LogP contribution in [0, 0.1) is 12.3 Å². The summed E-state index contributed by atoms with van der Waals surface area (Å²) >= 11 is 3.53. The van der Waals surface area contributed by atoms with E-state index in [0.717, 1.165) is 18.4 Å². The summed E-state index contributed by atoms with van der Waals surface area (Å²) in [5.41, 5.74) is 1.12. The van der Waals surface area contributed by atoms with Crippen LogP contribution < -0.4 is 0 Å². The minimum atomic E-state index is -0.433. The largest absolute Gasteiger partial charge is 0.388 e. The number of hydrogen-bond acceptors (Lipinski definition) is 1. The molecule has 0 spiro atoms. The van der Waals surface area contributed by atoms with Crippen molar-refractivity contribution in [1.29, 1.82) is 0 Å². The van der Waals surface area contributed by atoms with Crippen LogP contribution >= 0.6 is 15.9 Å². The van der Waals surface area contributed by atoms with E-state index in [2.05, 4.69) is 21.9 Å². The summed E-state index contributed by atoms with van der Waals surface area (Å²) in [5.74, 6) is 2.50. The summed E-state index contributed by atoms with van der Waals surface area (Å²) in [6.07, 6.45) is 10.9. The maximum atomic E-state index is 9.74. The number of hydrogen-bond donors (Lipinski definition) is 1. The molecule has 0 heterocycles. The second-order valence-electron chi connectivity index (χ2n) is 3.41. The molecule has 0 aromatic rings. The molecule has 0 amide bonds. The van der Waals surface area contributed by atoms with Gasteiger partial charge in [-0.05, 0) is 35.7 Å². The first-order chi connectivity index (χ1) is 6.25. The second-order valence-corrected chi connectivity index (χ2v) is 4.37. The average Bonchev–Trinajstić information content (AvgIpc) is 2.30. The van der Waals surface area contributed by atoms with Crippen molar-refractivity contribution in [3.63, 3.8) is 0 Å². The topological polar surface area (TPSA) is 20.2 Å². The summed E-state index contributed by atoms with van der Waals surface area (Å²) in [6, 6.07) is 0. The van der Waals surface area contributed by atoms with E-state index in [0.29, 0.717) is 6.42 Å². The number of aliphatic hydroxyl groups is 1. The van der Waals surface area contributed by atoms with E-state index < -0.39 is 6.10 Å². The van der Waals surface area contributed by atoms with E-state index in [4.69, 9.17) is 6.42 Å². The van der Waals surface area contributed by atoms with Gasteiger partial charge in [0.1, 0.15) is 0 Å². The van der Waals surface area contributed by atoms with Gasteiger partial charge < -0.3 is 5.11 Å². The van der Waals surface area contributed by atoms with Gasteiger partial charge in [-0.2, -0.15) is 0 Å². The third-order valence-corrected chi connectivity index (χ3v) is 3.31. The summed E-state index contributed by atoms with van der Waals surface area (Å²) in [5, 5.41) is 9.74. The van der Waals surface area contributed by atoms with Crippen LogP contribution in [0.4, 0.5) is 0 Å². The van der Waals surface area contributed by atoms with Gasteiger partial charge in [0.15, 0.2) is 0 Å². The summed E-state index contributed by atoms with van der Waals surface area (Å²) in [6.45, 7) is 0. The monoisotopic (exact) mass is 242 g/mol. The Labute approximate surface area is 88.4 Å². The average molecular weight is 243 g/mol. The minimum absolute atomic E-state index is 0.433. The smallest absolute Gasteiger partial charge is 0.0869 e. The van der Waals surface area contributed by atoms with E-state index in [1.54, 1.807) is 0 Å². The highest BCUT2D eigenvalue weighted by molar-refractivity contribution is 9.11. The number of halogens is 1. The van der Waals surface area contributed by atoms with Crippen molar-refractivity contribution in [3.8, 4) is 12.3 Å². The Hall–Kier alpha value is -0.260. The fraction of sp³-hybridized carbons (Fsp3) is 0.636. The van der Waals surface area contributed by atoms with Gasteiger partial charge in [-0.15, -0.1) is 12.3 Å². The van der Waals surface area contributed by atoms with Gasteiger partial charge in [-0.1, -0.05) is 22.4 Å². The Balaban J connectivity index is 2.68. The molecule has 1 aliphatic rings. The lowest BCUT2D eigenvalue weighted by atomic mass is 10.0. The molecule has 13 heavy (non-hydrogen) atoms. The van der Waals surface area contributed by atoms with Crippen molar-refractivity contribution in [2.45, 2.75) is 44.6 Å². The fourth-order valence-electron chi connectivity index (χ4n) is 1.65. The molecule has 1 aliphatic carbocycles. The molecule has 0 aromatic carbocycles. The Morgan fingerprint density at radius 2 is 2.08 bits per heavy atom. The van der Waals surface area contributed by atoms with Crippen LogP contribution in [0.2, 0.25) is 0 Å². The lowest BCUT2D eigenvalue weighted by molar-refractivity contribution is 0.211. The highest BCUT2D eigenvalue weighted by Crippen LogP contribution is 2.30. The fourth-order valence-corrected chi connectivity index (χ4v) is 2.39. The van der Waals surface area contributed by atoms with Gasteiger partial charge >= 0.3 is 0 Å². The zero-order valence-corrected chi connectivity index (χ0v) is 9.31. The molecule has 0 saturated carbocycles. The Morgan fingerprint density at radius 1 is 1.38 bits per heavy atom. The van der Waals surface area contributed by atoms with Crippen LogP contribution in [0.15, 0.2) is 10.1 Å². The lowest BCUT2D eigenvalue weighted by Crippen LogP contribution is -2.10. The highest BCUT2D eigenvalue weighted by atomic mass is 79.9. The molecular weight excluding hydrogens is 228 g/mol. The van der Waals surface area contributed by atoms with E-state index in [-0.39, 0.29) is 0 Å². The normalized spacial score (nSPS) is 20.7. The molecule has 0 aromatic heterocycles. The van der Waals surface area contributed by atoms with Crippen LogP contribution in [0.1, 0.15) is 38.5 Å². The van der Waals surface area contributed by atoms with Crippen LogP contribution in [-0.4, -0.2) is 11.2 Å². The van der Waals surface area contributed by atoms with Gasteiger partial charge in [0, 0.05) is 6.42 Å². The molecule has 1 rings (SSSR count). The maximum Gasteiger partial charge on any atom is 0.0869 e. The molecule has 0 saturated heterocycles. The molecule has 0 aliphatic heterocycles. The standard InChI is InChI=1S/C11H15BrO/c1-2-6-11(13)9-7-4-3-5-8-10(9)12/h1,11,13H,3-8H2. The van der Waals surface area contributed by atoms with Gasteiger partial charge in [0.2, 0.25) is 0 Å². The molecule has 1 nitrogen and oxygen atoms in total. The van der Waals surface area contributed by atoms with Crippen molar-refractivity contribution in [3.05, 3.63) is 10.1 Å². The molecule has 1 atom stereocenters. The van der Waals surface area contributed by atoms with Crippen molar-refractivity contribution in [1.82, 2.24) is 0 Å². The quantitative estimate of drug-likeness (QED) is 0.739. The molecular formula is C11H15BrO. The number of terminal acetylenes is 1. The predicted molar refractivity (Wildman–Crippen MR) is 58.5 cm³/mol. The van der Waals surface area contributed by atoms with Crippen molar-refractivity contribution < 1.29 is 5.11 Å². The molecule has 1 N–H and O–H groups in total. The van der Waals surface area contributed by atoms with Gasteiger partial charge in [-0.25, -0.2) is 0 Å². The summed E-state index contributed by atoms with van der Waals surface area (Å²) < 4.78 is 1.17. The molecule has 1 unspecified atom stereocenters. The Bertz CT molecular complexity index is 237. The van der Waals surface area contributed by atoms with Gasteiger partial charge in [0.25, 0.3) is 0 Å². The summed E-state index contributed by atoms with van der Waals surface area (Å²) in [7, 11) is 0. The maximum absolute atomic E-state index is 9.74. The van der Waals surface area contributed by atoms with E-state index in [9.17, 15) is 5.11 Å². The Kier molecular flexibility index (Phi) is 4.55. The first-order valence-corrected chi connectivity index (χ1v) is 5.54. The van der Waals surface area contributed by atoms with Crippen molar-refractivity contribution in [2.75, 3.05) is 0 Å². The zero-order chi connectivity index (χ0) is 9.68. The molecule has 72 valence electrons. The minimum Gasteiger partial charge on any atom is -0.388 e. The zero-order valence-electron chi connectivity index (χ0n) is 7.72. The van der Waals surface area contributed by atoms with E-state index >= 15 is 0 Å². The summed E-state index contributed by atoms with van der Waals surface area (Å²) in [4.78, 5) is 0.